The second-order valence-corrected chi connectivity index (χ2v) is 7.12. The van der Waals surface area contributed by atoms with Crippen LogP contribution >= 0.6 is 23.2 Å². The molecule has 0 spiro atoms. The molecule has 0 aliphatic carbocycles. The highest BCUT2D eigenvalue weighted by Crippen LogP contribution is 2.24. The predicted octanol–water partition coefficient (Wildman–Crippen LogP) is 4.08. The molecule has 0 bridgehead atoms. The number of piperidine rings is 1. The fourth-order valence-corrected chi connectivity index (χ4v) is 3.16. The molecule has 4 nitrogen and oxygen atoms in total. The second kappa shape index (κ2) is 9.67. The summed E-state index contributed by atoms with van der Waals surface area (Å²) < 4.78 is 36.6. The van der Waals surface area contributed by atoms with E-state index < -0.39 is 12.6 Å². The average Bonchev–Trinajstić information content (AvgIpc) is 2.58. The summed E-state index contributed by atoms with van der Waals surface area (Å²) in [7, 11) is 1.56. The van der Waals surface area contributed by atoms with E-state index in [-0.39, 0.29) is 12.6 Å². The Bertz CT molecular complexity index is 615. The quantitative estimate of drug-likeness (QED) is 0.567. The van der Waals surface area contributed by atoms with Gasteiger partial charge in [-0.2, -0.15) is 13.2 Å². The zero-order valence-corrected chi connectivity index (χ0v) is 16.1. The summed E-state index contributed by atoms with van der Waals surface area (Å²) in [6.45, 7) is 2.39. The number of alkyl halides is 3. The van der Waals surface area contributed by atoms with E-state index in [1.54, 1.807) is 13.1 Å². The number of hydrogen-bond donors (Lipinski definition) is 2. The summed E-state index contributed by atoms with van der Waals surface area (Å²) in [5, 5.41) is 7.01. The van der Waals surface area contributed by atoms with Gasteiger partial charge in [-0.25, -0.2) is 0 Å². The molecule has 1 aliphatic heterocycles. The van der Waals surface area contributed by atoms with Gasteiger partial charge < -0.3 is 10.6 Å². The van der Waals surface area contributed by atoms with Gasteiger partial charge in [-0.1, -0.05) is 29.3 Å². The van der Waals surface area contributed by atoms with Gasteiger partial charge in [0, 0.05) is 39.3 Å². The fraction of sp³-hybridized carbons (Fsp3) is 0.588. The van der Waals surface area contributed by atoms with E-state index in [4.69, 9.17) is 23.2 Å². The first-order chi connectivity index (χ1) is 12.3. The number of hydrogen-bond acceptors (Lipinski definition) is 2. The zero-order valence-electron chi connectivity index (χ0n) is 14.5. The van der Waals surface area contributed by atoms with Crippen molar-refractivity contribution in [1.29, 1.82) is 0 Å². The van der Waals surface area contributed by atoms with Crippen LogP contribution in [0.4, 0.5) is 13.2 Å². The van der Waals surface area contributed by atoms with E-state index in [1.165, 1.54) is 0 Å². The minimum Gasteiger partial charge on any atom is -0.356 e. The summed E-state index contributed by atoms with van der Waals surface area (Å²) in [5.41, 5.74) is 1.11. The van der Waals surface area contributed by atoms with Gasteiger partial charge in [0.15, 0.2) is 5.96 Å². The molecular formula is C17H23Cl2F3N4. The van der Waals surface area contributed by atoms with Crippen molar-refractivity contribution in [1.82, 2.24) is 15.5 Å². The molecule has 0 amide bonds. The Morgan fingerprint density at radius 3 is 2.50 bits per heavy atom. The molecule has 2 N–H and O–H groups in total. The lowest BCUT2D eigenvalue weighted by molar-refractivity contribution is -0.132. The topological polar surface area (TPSA) is 39.7 Å². The SMILES string of the molecule is CN=C(NCCC(F)(F)F)NC1CCN(Cc2ccc(Cl)c(Cl)c2)CC1. The Morgan fingerprint density at radius 1 is 1.23 bits per heavy atom. The molecule has 0 unspecified atom stereocenters. The first kappa shape index (κ1) is 21.1. The van der Waals surface area contributed by atoms with Crippen molar-refractivity contribution >= 4 is 29.2 Å². The lowest BCUT2D eigenvalue weighted by Gasteiger charge is -2.33. The standard InChI is InChI=1S/C17H23Cl2F3N4/c1-23-16(24-7-6-17(20,21)22)25-13-4-8-26(9-5-13)11-12-2-3-14(18)15(19)10-12/h2-3,10,13H,4-9,11H2,1H3,(H2,23,24,25). The molecule has 1 aromatic carbocycles. The van der Waals surface area contributed by atoms with E-state index >= 15 is 0 Å². The van der Waals surface area contributed by atoms with Crippen LogP contribution in [-0.2, 0) is 6.54 Å². The Balaban J connectivity index is 1.74. The van der Waals surface area contributed by atoms with E-state index in [1.807, 2.05) is 12.1 Å². The number of benzene rings is 1. The molecule has 1 aliphatic rings. The van der Waals surface area contributed by atoms with Gasteiger partial charge in [0.1, 0.15) is 0 Å². The Morgan fingerprint density at radius 2 is 1.92 bits per heavy atom. The van der Waals surface area contributed by atoms with Crippen LogP contribution in [0.15, 0.2) is 23.2 Å². The smallest absolute Gasteiger partial charge is 0.356 e. The number of aliphatic imine (C=N–C) groups is 1. The number of guanidine groups is 1. The van der Waals surface area contributed by atoms with Crippen molar-refractivity contribution in [3.8, 4) is 0 Å². The maximum atomic E-state index is 12.2. The third-order valence-electron chi connectivity index (χ3n) is 4.24. The van der Waals surface area contributed by atoms with Crippen LogP contribution in [0.25, 0.3) is 0 Å². The first-order valence-corrected chi connectivity index (χ1v) is 9.22. The summed E-state index contributed by atoms with van der Waals surface area (Å²) >= 11 is 12.0. The molecule has 1 heterocycles. The summed E-state index contributed by atoms with van der Waals surface area (Å²) in [5.74, 6) is 0.414. The lowest BCUT2D eigenvalue weighted by atomic mass is 10.0. The van der Waals surface area contributed by atoms with Crippen LogP contribution in [0.3, 0.4) is 0 Å². The zero-order chi connectivity index (χ0) is 19.2. The largest absolute Gasteiger partial charge is 0.390 e. The van der Waals surface area contributed by atoms with Crippen LogP contribution in [0.1, 0.15) is 24.8 Å². The number of halogens is 5. The van der Waals surface area contributed by atoms with Crippen molar-refractivity contribution in [2.24, 2.45) is 4.99 Å². The van der Waals surface area contributed by atoms with E-state index in [9.17, 15) is 13.2 Å². The molecule has 9 heteroatoms. The van der Waals surface area contributed by atoms with Crippen molar-refractivity contribution in [3.63, 3.8) is 0 Å². The van der Waals surface area contributed by atoms with Crippen molar-refractivity contribution in [2.75, 3.05) is 26.7 Å². The van der Waals surface area contributed by atoms with Gasteiger partial charge in [-0.15, -0.1) is 0 Å². The Kier molecular flexibility index (Phi) is 7.85. The number of nitrogens with zero attached hydrogens (tertiary/aromatic N) is 2. The number of rotatable bonds is 5. The number of likely N-dealkylation sites (tertiary alicyclic amines) is 1. The molecule has 0 aromatic heterocycles. The van der Waals surface area contributed by atoms with Crippen LogP contribution in [0, 0.1) is 0 Å². The monoisotopic (exact) mass is 410 g/mol. The fourth-order valence-electron chi connectivity index (χ4n) is 2.84. The highest BCUT2D eigenvalue weighted by Gasteiger charge is 2.26. The van der Waals surface area contributed by atoms with Crippen LogP contribution in [0.5, 0.6) is 0 Å². The normalized spacial score (nSPS) is 17.4. The Labute approximate surface area is 161 Å². The van der Waals surface area contributed by atoms with Crippen molar-refractivity contribution < 1.29 is 13.2 Å². The van der Waals surface area contributed by atoms with Crippen LogP contribution < -0.4 is 10.6 Å². The van der Waals surface area contributed by atoms with E-state index in [0.29, 0.717) is 16.0 Å². The molecule has 0 radical (unpaired) electrons. The van der Waals surface area contributed by atoms with E-state index in [2.05, 4.69) is 20.5 Å². The summed E-state index contributed by atoms with van der Waals surface area (Å²) in [6, 6.07) is 5.83. The van der Waals surface area contributed by atoms with Gasteiger partial charge in [0.2, 0.25) is 0 Å². The molecule has 0 saturated carbocycles. The lowest BCUT2D eigenvalue weighted by Crippen LogP contribution is -2.48. The van der Waals surface area contributed by atoms with Gasteiger partial charge in [-0.05, 0) is 30.5 Å². The van der Waals surface area contributed by atoms with Gasteiger partial charge in [-0.3, -0.25) is 9.89 Å². The Hall–Kier alpha value is -1.18. The van der Waals surface area contributed by atoms with E-state index in [0.717, 1.165) is 38.0 Å². The minimum absolute atomic E-state index is 0.181. The molecule has 0 atom stereocenters. The highest BCUT2D eigenvalue weighted by atomic mass is 35.5. The molecule has 1 saturated heterocycles. The number of nitrogens with one attached hydrogen (secondary N) is 2. The van der Waals surface area contributed by atoms with Gasteiger partial charge >= 0.3 is 6.18 Å². The van der Waals surface area contributed by atoms with Crippen molar-refractivity contribution in [2.45, 2.75) is 38.0 Å². The molecule has 26 heavy (non-hydrogen) atoms. The van der Waals surface area contributed by atoms with Gasteiger partial charge in [0.05, 0.1) is 16.5 Å². The van der Waals surface area contributed by atoms with Crippen LogP contribution in [-0.4, -0.2) is 49.8 Å². The molecule has 2 rings (SSSR count). The third kappa shape index (κ3) is 7.21. The summed E-state index contributed by atoms with van der Waals surface area (Å²) in [6.07, 6.45) is -3.26. The maximum absolute atomic E-state index is 12.2. The van der Waals surface area contributed by atoms with Gasteiger partial charge in [0.25, 0.3) is 0 Å². The molecule has 1 aromatic rings. The molecule has 1 fully saturated rings. The second-order valence-electron chi connectivity index (χ2n) is 6.31. The summed E-state index contributed by atoms with van der Waals surface area (Å²) in [4.78, 5) is 6.31. The highest BCUT2D eigenvalue weighted by molar-refractivity contribution is 6.42. The molecular weight excluding hydrogens is 388 g/mol. The third-order valence-corrected chi connectivity index (χ3v) is 4.98. The van der Waals surface area contributed by atoms with Crippen LogP contribution in [0.2, 0.25) is 10.0 Å². The minimum atomic E-state index is -4.16. The predicted molar refractivity (Wildman–Crippen MR) is 99.9 cm³/mol. The van der Waals surface area contributed by atoms with Crippen molar-refractivity contribution in [3.05, 3.63) is 33.8 Å². The average molecular weight is 411 g/mol. The first-order valence-electron chi connectivity index (χ1n) is 8.47. The molecule has 146 valence electrons. The maximum Gasteiger partial charge on any atom is 0.390 e.